The molecule has 1 aliphatic heterocycles. The predicted octanol–water partition coefficient (Wildman–Crippen LogP) is 5.69. The molecule has 0 radical (unpaired) electrons. The van der Waals surface area contributed by atoms with Gasteiger partial charge < -0.3 is 5.32 Å². The highest BCUT2D eigenvalue weighted by molar-refractivity contribution is 7.30. The Bertz CT molecular complexity index is 1200. The van der Waals surface area contributed by atoms with E-state index in [-0.39, 0.29) is 6.04 Å². The first-order chi connectivity index (χ1) is 18.3. The number of nitrogens with zero attached hydrogens (tertiary/aromatic N) is 3. The molecule has 0 amide bonds. The molecule has 2 heterocycles. The predicted molar refractivity (Wildman–Crippen MR) is 150 cm³/mol. The lowest BCUT2D eigenvalue weighted by molar-refractivity contribution is 0.278. The summed E-state index contributed by atoms with van der Waals surface area (Å²) in [6.07, 6.45) is 1.92. The summed E-state index contributed by atoms with van der Waals surface area (Å²) in [5.41, 5.74) is 2.86. The normalized spacial score (nSPS) is 16.9. The van der Waals surface area contributed by atoms with Crippen LogP contribution in [0, 0.1) is 17.8 Å². The highest BCUT2D eigenvalue weighted by Crippen LogP contribution is 2.43. The van der Waals surface area contributed by atoms with Gasteiger partial charge in [0.25, 0.3) is 0 Å². The third-order valence-electron chi connectivity index (χ3n) is 7.28. The molecule has 3 N–H and O–H groups in total. The van der Waals surface area contributed by atoms with E-state index in [1.165, 1.54) is 0 Å². The fourth-order valence-corrected chi connectivity index (χ4v) is 5.83. The molecule has 7 nitrogen and oxygen atoms in total. The summed E-state index contributed by atoms with van der Waals surface area (Å²) in [5.74, 6) is 2.70. The Morgan fingerprint density at radius 3 is 1.55 bits per heavy atom. The summed E-state index contributed by atoms with van der Waals surface area (Å²) in [4.78, 5) is 19.1. The minimum atomic E-state index is -2.87. The van der Waals surface area contributed by atoms with Crippen LogP contribution in [0.3, 0.4) is 0 Å². The van der Waals surface area contributed by atoms with Gasteiger partial charge in [-0.25, -0.2) is 9.67 Å². The van der Waals surface area contributed by atoms with Crippen LogP contribution in [-0.2, 0) is 10.1 Å². The Kier molecular flexibility index (Phi) is 8.85. The molecular weight excluding hydrogens is 495 g/mol. The Labute approximate surface area is 225 Å². The molecule has 0 spiro atoms. The van der Waals surface area contributed by atoms with Crippen molar-refractivity contribution in [3.8, 4) is 0 Å². The number of nitrogens with one attached hydrogen (secondary N) is 1. The molecule has 4 aromatic rings. The van der Waals surface area contributed by atoms with Crippen LogP contribution in [0.5, 0.6) is 0 Å². The Hall–Kier alpha value is -3.22. The van der Waals surface area contributed by atoms with Crippen molar-refractivity contribution in [2.75, 3.05) is 0 Å². The van der Waals surface area contributed by atoms with E-state index < -0.39 is 13.8 Å². The van der Waals surface area contributed by atoms with E-state index in [1.807, 2.05) is 6.33 Å². The maximum atomic E-state index is 8.70. The van der Waals surface area contributed by atoms with Gasteiger partial charge in [0.15, 0.2) is 5.82 Å². The highest BCUT2D eigenvalue weighted by atomic mass is 31.1. The van der Waals surface area contributed by atoms with Crippen LogP contribution in [0.2, 0.25) is 0 Å². The topological polar surface area (TPSA) is 110 Å². The summed E-state index contributed by atoms with van der Waals surface area (Å²) >= 11 is 0. The standard InChI is InChI=1S/C30H34N4.HO3P/c1-21(2)26(22(3)4)27-28(32-27)29-31-20-34(33-29)30(23-14-8-5-9-15-23,24-16-10-6-11-17-24)25-18-12-7-13-19-25;1-4(2)3/h5-22,26-28,32H,1-4H3;(H-,1,2,3)/p+1. The summed E-state index contributed by atoms with van der Waals surface area (Å²) in [6, 6.07) is 32.5. The van der Waals surface area contributed by atoms with E-state index in [1.54, 1.807) is 0 Å². The first kappa shape index (κ1) is 27.8. The maximum absolute atomic E-state index is 8.70. The van der Waals surface area contributed by atoms with Crippen molar-refractivity contribution in [2.45, 2.75) is 45.3 Å². The number of rotatable bonds is 8. The Morgan fingerprint density at radius 2 is 1.18 bits per heavy atom. The Morgan fingerprint density at radius 1 is 0.789 bits per heavy atom. The molecule has 3 aromatic carbocycles. The van der Waals surface area contributed by atoms with Gasteiger partial charge >= 0.3 is 8.25 Å². The molecule has 5 rings (SSSR count). The molecule has 1 aromatic heterocycles. The molecule has 8 heteroatoms. The van der Waals surface area contributed by atoms with E-state index in [0.717, 1.165) is 22.5 Å². The molecule has 1 fully saturated rings. The zero-order valence-electron chi connectivity index (χ0n) is 22.2. The average molecular weight is 532 g/mol. The second-order valence-electron chi connectivity index (χ2n) is 10.3. The third-order valence-corrected chi connectivity index (χ3v) is 7.28. The number of hydrogen-bond acceptors (Lipinski definition) is 4. The van der Waals surface area contributed by atoms with E-state index in [0.29, 0.717) is 23.8 Å². The summed E-state index contributed by atoms with van der Waals surface area (Å²) in [5, 5.41) is 8.86. The molecule has 0 bridgehead atoms. The van der Waals surface area contributed by atoms with Crippen LogP contribution in [0.4, 0.5) is 0 Å². The second-order valence-corrected chi connectivity index (χ2v) is 10.8. The number of hydrogen-bond donors (Lipinski definition) is 3. The number of benzene rings is 3. The van der Waals surface area contributed by atoms with Gasteiger partial charge in [0.05, 0.1) is 6.04 Å². The molecule has 198 valence electrons. The lowest BCUT2D eigenvalue weighted by atomic mass is 9.77. The van der Waals surface area contributed by atoms with Gasteiger partial charge in [0.2, 0.25) is 0 Å². The van der Waals surface area contributed by atoms with Crippen LogP contribution < -0.4 is 5.32 Å². The molecule has 0 saturated carbocycles. The lowest BCUT2D eigenvalue weighted by Gasteiger charge is -2.35. The molecular formula is C30H36N4O3P+. The van der Waals surface area contributed by atoms with Crippen molar-refractivity contribution in [2.24, 2.45) is 17.8 Å². The molecule has 38 heavy (non-hydrogen) atoms. The van der Waals surface area contributed by atoms with E-state index >= 15 is 0 Å². The molecule has 0 aliphatic carbocycles. The summed E-state index contributed by atoms with van der Waals surface area (Å²) in [6.45, 7) is 9.27. The SMILES string of the molecule is CC(C)C(C(C)C)C1NC1c1ncn(C(c2ccccc2)(c2ccccc2)c2ccccc2)n1.O=[P+](O)O. The molecule has 2 unspecified atom stereocenters. The van der Waals surface area contributed by atoms with Crippen LogP contribution in [0.15, 0.2) is 97.3 Å². The van der Waals surface area contributed by atoms with Gasteiger partial charge in [0, 0.05) is 10.6 Å². The van der Waals surface area contributed by atoms with Gasteiger partial charge in [-0.1, -0.05) is 119 Å². The average Bonchev–Trinajstić information content (AvgIpc) is 3.51. The quantitative estimate of drug-likeness (QED) is 0.153. The Balaban J connectivity index is 0.000000786. The monoisotopic (exact) mass is 531 g/mol. The second kappa shape index (κ2) is 12.1. The first-order valence-electron chi connectivity index (χ1n) is 13.0. The van der Waals surface area contributed by atoms with Crippen molar-refractivity contribution in [1.82, 2.24) is 20.1 Å². The molecule has 2 atom stereocenters. The van der Waals surface area contributed by atoms with E-state index in [4.69, 9.17) is 24.4 Å². The van der Waals surface area contributed by atoms with Crippen molar-refractivity contribution in [3.63, 3.8) is 0 Å². The van der Waals surface area contributed by atoms with Gasteiger partial charge in [-0.05, 0) is 34.4 Å². The molecule has 1 saturated heterocycles. The van der Waals surface area contributed by atoms with Crippen LogP contribution >= 0.6 is 8.25 Å². The number of aromatic nitrogens is 3. The van der Waals surface area contributed by atoms with Crippen molar-refractivity contribution < 1.29 is 14.4 Å². The van der Waals surface area contributed by atoms with Crippen molar-refractivity contribution in [3.05, 3.63) is 120 Å². The minimum absolute atomic E-state index is 0.205. The largest absolute Gasteiger partial charge is 0.692 e. The van der Waals surface area contributed by atoms with Crippen LogP contribution in [0.1, 0.15) is 56.3 Å². The van der Waals surface area contributed by atoms with Crippen LogP contribution in [-0.4, -0.2) is 30.6 Å². The lowest BCUT2D eigenvalue weighted by Crippen LogP contribution is -2.38. The smallest absolute Gasteiger partial charge is 0.301 e. The zero-order valence-corrected chi connectivity index (χ0v) is 23.1. The highest BCUT2D eigenvalue weighted by Gasteiger charge is 2.48. The fourth-order valence-electron chi connectivity index (χ4n) is 5.83. The summed E-state index contributed by atoms with van der Waals surface area (Å²) < 4.78 is 10.8. The van der Waals surface area contributed by atoms with E-state index in [2.05, 4.69) is 129 Å². The zero-order chi connectivity index (χ0) is 27.3. The molecule has 1 aliphatic rings. The van der Waals surface area contributed by atoms with E-state index in [9.17, 15) is 0 Å². The van der Waals surface area contributed by atoms with Gasteiger partial charge in [-0.15, -0.1) is 9.79 Å². The summed E-state index contributed by atoms with van der Waals surface area (Å²) in [7, 11) is -2.87. The minimum Gasteiger partial charge on any atom is -0.301 e. The van der Waals surface area contributed by atoms with Gasteiger partial charge in [-0.3, -0.25) is 0 Å². The fraction of sp³-hybridized carbons (Fsp3) is 0.333. The van der Waals surface area contributed by atoms with Crippen LogP contribution in [0.25, 0.3) is 0 Å². The van der Waals surface area contributed by atoms with Gasteiger partial charge in [0.1, 0.15) is 11.9 Å². The maximum Gasteiger partial charge on any atom is 0.692 e. The van der Waals surface area contributed by atoms with Crippen molar-refractivity contribution >= 4 is 8.25 Å². The van der Waals surface area contributed by atoms with Crippen molar-refractivity contribution in [1.29, 1.82) is 0 Å². The first-order valence-corrected chi connectivity index (χ1v) is 14.1. The van der Waals surface area contributed by atoms with Gasteiger partial charge in [-0.2, -0.15) is 5.10 Å². The third kappa shape index (κ3) is 5.77.